The first-order valence-corrected chi connectivity index (χ1v) is 13.6. The Labute approximate surface area is 223 Å². The highest BCUT2D eigenvalue weighted by Crippen LogP contribution is 2.26. The summed E-state index contributed by atoms with van der Waals surface area (Å²) in [5.41, 5.74) is 1.81. The lowest BCUT2D eigenvalue weighted by atomic mass is 10.1. The van der Waals surface area contributed by atoms with Gasteiger partial charge in [0.25, 0.3) is 10.0 Å². The highest BCUT2D eigenvalue weighted by Gasteiger charge is 2.32. The zero-order valence-electron chi connectivity index (χ0n) is 21.8. The summed E-state index contributed by atoms with van der Waals surface area (Å²) in [4.78, 5) is 27.4. The summed E-state index contributed by atoms with van der Waals surface area (Å²) in [5, 5.41) is 2.52. The molecule has 0 radical (unpaired) electrons. The topological polar surface area (TPSA) is 96.0 Å². The average molecular weight is 542 g/mol. The molecule has 0 saturated heterocycles. The van der Waals surface area contributed by atoms with Crippen molar-refractivity contribution in [3.63, 3.8) is 0 Å². The van der Waals surface area contributed by atoms with Gasteiger partial charge in [-0.15, -0.1) is 0 Å². The third-order valence-electron chi connectivity index (χ3n) is 6.00. The number of hydrogen-bond donors (Lipinski definition) is 1. The van der Waals surface area contributed by atoms with Gasteiger partial charge in [0.2, 0.25) is 11.8 Å². The molecule has 0 fully saturated rings. The van der Waals surface area contributed by atoms with E-state index in [0.29, 0.717) is 23.6 Å². The first-order valence-electron chi connectivity index (χ1n) is 12.1. The Balaban J connectivity index is 2.00. The minimum absolute atomic E-state index is 0.0150. The van der Waals surface area contributed by atoms with Crippen molar-refractivity contribution < 1.29 is 27.1 Å². The number of nitrogens with zero attached hydrogens (tertiary/aromatic N) is 2. The van der Waals surface area contributed by atoms with Crippen LogP contribution in [-0.4, -0.2) is 51.4 Å². The molecule has 8 nitrogen and oxygen atoms in total. The Hall–Kier alpha value is -3.92. The van der Waals surface area contributed by atoms with E-state index in [1.807, 2.05) is 13.8 Å². The van der Waals surface area contributed by atoms with Crippen molar-refractivity contribution >= 4 is 27.5 Å². The SMILES string of the molecule is CCOc1ccc(S(=O)(=O)N(CC(=O)N(Cc2ccc(F)cc2)[C@H](C)C(=O)NC)c2ccc(C)cc2)cc1. The van der Waals surface area contributed by atoms with Crippen LogP contribution in [0.1, 0.15) is 25.0 Å². The Bertz CT molecular complexity index is 1340. The monoisotopic (exact) mass is 541 g/mol. The summed E-state index contributed by atoms with van der Waals surface area (Å²) >= 11 is 0. The van der Waals surface area contributed by atoms with Gasteiger partial charge < -0.3 is 15.0 Å². The van der Waals surface area contributed by atoms with Crippen LogP contribution in [0.2, 0.25) is 0 Å². The van der Waals surface area contributed by atoms with E-state index in [1.54, 1.807) is 43.3 Å². The van der Waals surface area contributed by atoms with Crippen LogP contribution in [0.4, 0.5) is 10.1 Å². The molecular weight excluding hydrogens is 509 g/mol. The van der Waals surface area contributed by atoms with E-state index in [0.717, 1.165) is 9.87 Å². The van der Waals surface area contributed by atoms with Crippen molar-refractivity contribution in [2.45, 2.75) is 38.3 Å². The number of halogens is 1. The molecule has 1 N–H and O–H groups in total. The molecule has 0 aliphatic heterocycles. The molecule has 1 atom stereocenters. The quantitative estimate of drug-likeness (QED) is 0.397. The fraction of sp³-hybridized carbons (Fsp3) is 0.286. The molecule has 3 aromatic rings. The van der Waals surface area contributed by atoms with E-state index in [-0.39, 0.29) is 11.4 Å². The normalized spacial score (nSPS) is 11.9. The lowest BCUT2D eigenvalue weighted by Crippen LogP contribution is -2.50. The Morgan fingerprint density at radius 1 is 0.974 bits per heavy atom. The van der Waals surface area contributed by atoms with Gasteiger partial charge in [0.05, 0.1) is 17.2 Å². The zero-order valence-corrected chi connectivity index (χ0v) is 22.7. The van der Waals surface area contributed by atoms with Crippen molar-refractivity contribution in [1.82, 2.24) is 10.2 Å². The number of carbonyl (C=O) groups is 2. The minimum atomic E-state index is -4.18. The number of sulfonamides is 1. The van der Waals surface area contributed by atoms with Gasteiger partial charge in [-0.3, -0.25) is 13.9 Å². The molecule has 0 spiro atoms. The van der Waals surface area contributed by atoms with Crippen molar-refractivity contribution in [1.29, 1.82) is 0 Å². The van der Waals surface area contributed by atoms with E-state index < -0.39 is 40.2 Å². The van der Waals surface area contributed by atoms with E-state index >= 15 is 0 Å². The second-order valence-electron chi connectivity index (χ2n) is 8.69. The smallest absolute Gasteiger partial charge is 0.264 e. The minimum Gasteiger partial charge on any atom is -0.494 e. The van der Waals surface area contributed by atoms with E-state index in [1.165, 1.54) is 48.3 Å². The summed E-state index contributed by atoms with van der Waals surface area (Å²) in [6, 6.07) is 17.4. The first kappa shape index (κ1) is 28.6. The van der Waals surface area contributed by atoms with Crippen molar-refractivity contribution in [2.75, 3.05) is 24.5 Å². The molecule has 10 heteroatoms. The van der Waals surface area contributed by atoms with Crippen LogP contribution in [0.15, 0.2) is 77.7 Å². The number of nitrogens with one attached hydrogen (secondary N) is 1. The third kappa shape index (κ3) is 6.89. The largest absolute Gasteiger partial charge is 0.494 e. The molecule has 3 aromatic carbocycles. The number of ether oxygens (including phenoxy) is 1. The summed E-state index contributed by atoms with van der Waals surface area (Å²) in [6.07, 6.45) is 0. The number of rotatable bonds is 11. The fourth-order valence-corrected chi connectivity index (χ4v) is 5.23. The number of benzene rings is 3. The molecule has 0 aliphatic rings. The highest BCUT2D eigenvalue weighted by atomic mass is 32.2. The Morgan fingerprint density at radius 3 is 2.13 bits per heavy atom. The van der Waals surface area contributed by atoms with Gasteiger partial charge in [0.1, 0.15) is 24.2 Å². The van der Waals surface area contributed by atoms with Gasteiger partial charge in [0, 0.05) is 13.6 Å². The third-order valence-corrected chi connectivity index (χ3v) is 7.79. The molecule has 3 rings (SSSR count). The molecule has 2 amide bonds. The highest BCUT2D eigenvalue weighted by molar-refractivity contribution is 7.92. The molecular formula is C28H32FN3O5S. The van der Waals surface area contributed by atoms with Gasteiger partial charge in [-0.05, 0) is 74.9 Å². The summed E-state index contributed by atoms with van der Waals surface area (Å²) < 4.78 is 47.5. The van der Waals surface area contributed by atoms with E-state index in [4.69, 9.17) is 4.74 Å². The molecule has 0 aliphatic carbocycles. The Kier molecular flexibility index (Phi) is 9.46. The molecule has 0 aromatic heterocycles. The number of hydrogen-bond acceptors (Lipinski definition) is 5. The van der Waals surface area contributed by atoms with Crippen LogP contribution in [0.25, 0.3) is 0 Å². The number of anilines is 1. The second-order valence-corrected chi connectivity index (χ2v) is 10.6. The summed E-state index contributed by atoms with van der Waals surface area (Å²) in [5.74, 6) is -0.926. The van der Waals surface area contributed by atoms with Crippen molar-refractivity contribution in [3.8, 4) is 5.75 Å². The maximum atomic E-state index is 13.8. The summed E-state index contributed by atoms with van der Waals surface area (Å²) in [7, 11) is -2.72. The van der Waals surface area contributed by atoms with Gasteiger partial charge >= 0.3 is 0 Å². The molecule has 0 heterocycles. The second kappa shape index (κ2) is 12.6. The Morgan fingerprint density at radius 2 is 1.58 bits per heavy atom. The van der Waals surface area contributed by atoms with Crippen LogP contribution in [0.5, 0.6) is 5.75 Å². The number of aryl methyl sites for hydroxylation is 1. The van der Waals surface area contributed by atoms with Crippen molar-refractivity contribution in [2.24, 2.45) is 0 Å². The number of carbonyl (C=O) groups excluding carboxylic acids is 2. The lowest BCUT2D eigenvalue weighted by molar-refractivity contribution is -0.139. The summed E-state index contributed by atoms with van der Waals surface area (Å²) in [6.45, 7) is 5.11. The maximum Gasteiger partial charge on any atom is 0.264 e. The van der Waals surface area contributed by atoms with Gasteiger partial charge in [-0.2, -0.15) is 0 Å². The zero-order chi connectivity index (χ0) is 27.9. The maximum absolute atomic E-state index is 13.8. The molecule has 0 bridgehead atoms. The first-order chi connectivity index (χ1) is 18.1. The average Bonchev–Trinajstić information content (AvgIpc) is 2.91. The molecule has 0 saturated carbocycles. The van der Waals surface area contributed by atoms with E-state index in [2.05, 4.69) is 5.32 Å². The molecule has 0 unspecified atom stereocenters. The standard InChI is InChI=1S/C28H32FN3O5S/c1-5-37-25-14-16-26(17-15-25)38(35,36)32(24-12-6-20(2)7-13-24)19-27(33)31(21(3)28(34)30-4)18-22-8-10-23(29)11-9-22/h6-17,21H,5,18-19H2,1-4H3,(H,30,34)/t21-/m1/s1. The predicted molar refractivity (Wildman–Crippen MR) is 144 cm³/mol. The van der Waals surface area contributed by atoms with Crippen LogP contribution in [0, 0.1) is 12.7 Å². The van der Waals surface area contributed by atoms with Crippen LogP contribution in [0.3, 0.4) is 0 Å². The van der Waals surface area contributed by atoms with Crippen LogP contribution < -0.4 is 14.4 Å². The number of likely N-dealkylation sites (N-methyl/N-ethyl adjacent to an activating group) is 1. The van der Waals surface area contributed by atoms with Crippen LogP contribution in [-0.2, 0) is 26.2 Å². The lowest BCUT2D eigenvalue weighted by Gasteiger charge is -2.31. The van der Waals surface area contributed by atoms with E-state index in [9.17, 15) is 22.4 Å². The molecule has 202 valence electrons. The van der Waals surface area contributed by atoms with Gasteiger partial charge in [-0.1, -0.05) is 29.8 Å². The van der Waals surface area contributed by atoms with Gasteiger partial charge in [-0.25, -0.2) is 12.8 Å². The molecule has 38 heavy (non-hydrogen) atoms. The van der Waals surface area contributed by atoms with Gasteiger partial charge in [0.15, 0.2) is 0 Å². The number of amides is 2. The van der Waals surface area contributed by atoms with Crippen LogP contribution >= 0.6 is 0 Å². The van der Waals surface area contributed by atoms with Crippen molar-refractivity contribution in [3.05, 3.63) is 89.7 Å². The predicted octanol–water partition coefficient (Wildman–Crippen LogP) is 3.89. The fourth-order valence-electron chi connectivity index (χ4n) is 3.82.